The van der Waals surface area contributed by atoms with Gasteiger partial charge in [0.15, 0.2) is 0 Å². The Bertz CT molecular complexity index is 887. The number of nitro benzene ring substituents is 1. The number of amides is 1. The Morgan fingerprint density at radius 3 is 2.48 bits per heavy atom. The van der Waals surface area contributed by atoms with Crippen molar-refractivity contribution in [2.75, 3.05) is 11.9 Å². The van der Waals surface area contributed by atoms with Crippen molar-refractivity contribution in [3.05, 3.63) is 64.5 Å². The van der Waals surface area contributed by atoms with Gasteiger partial charge in [0.1, 0.15) is 5.82 Å². The van der Waals surface area contributed by atoms with Gasteiger partial charge in [0.05, 0.1) is 15.5 Å². The van der Waals surface area contributed by atoms with Crippen molar-refractivity contribution < 1.29 is 22.5 Å². The van der Waals surface area contributed by atoms with Gasteiger partial charge in [-0.2, -0.15) is 0 Å². The van der Waals surface area contributed by atoms with E-state index in [2.05, 4.69) is 10.0 Å². The summed E-state index contributed by atoms with van der Waals surface area (Å²) < 4.78 is 39.8. The highest BCUT2D eigenvalue weighted by Gasteiger charge is 2.15. The van der Waals surface area contributed by atoms with Crippen molar-refractivity contribution in [1.82, 2.24) is 4.72 Å². The van der Waals surface area contributed by atoms with Crippen LogP contribution in [-0.4, -0.2) is 25.8 Å². The molecule has 0 atom stereocenters. The number of benzene rings is 2. The average Bonchev–Trinajstić information content (AvgIpc) is 2.57. The standard InChI is InChI=1S/C15H14FN3O5S/c16-13-7-6-11(19(21)22)10-14(13)18-15(20)8-9-17-25(23,24)12-4-2-1-3-5-12/h1-7,10,17H,8-9H2,(H,18,20). The van der Waals surface area contributed by atoms with Crippen LogP contribution in [0.5, 0.6) is 0 Å². The lowest BCUT2D eigenvalue weighted by molar-refractivity contribution is -0.384. The van der Waals surface area contributed by atoms with Crippen molar-refractivity contribution in [2.45, 2.75) is 11.3 Å². The maximum absolute atomic E-state index is 13.6. The highest BCUT2D eigenvalue weighted by Crippen LogP contribution is 2.21. The van der Waals surface area contributed by atoms with E-state index in [4.69, 9.17) is 0 Å². The molecule has 0 heterocycles. The highest BCUT2D eigenvalue weighted by atomic mass is 32.2. The third-order valence-electron chi connectivity index (χ3n) is 3.13. The fourth-order valence-electron chi connectivity index (χ4n) is 1.92. The second-order valence-corrected chi connectivity index (χ2v) is 6.70. The first-order chi connectivity index (χ1) is 11.8. The summed E-state index contributed by atoms with van der Waals surface area (Å²) in [4.78, 5) is 21.8. The minimum atomic E-state index is -3.75. The second-order valence-electron chi connectivity index (χ2n) is 4.93. The molecule has 0 aliphatic carbocycles. The zero-order valence-corrected chi connectivity index (χ0v) is 13.6. The molecule has 0 bridgehead atoms. The maximum atomic E-state index is 13.6. The number of hydrogen-bond acceptors (Lipinski definition) is 5. The molecule has 2 aromatic carbocycles. The minimum Gasteiger partial charge on any atom is -0.323 e. The Labute approximate surface area is 142 Å². The van der Waals surface area contributed by atoms with Gasteiger partial charge in [-0.05, 0) is 18.2 Å². The second kappa shape index (κ2) is 7.81. The van der Waals surface area contributed by atoms with Gasteiger partial charge in [0, 0.05) is 25.1 Å². The molecule has 8 nitrogen and oxygen atoms in total. The van der Waals surface area contributed by atoms with Gasteiger partial charge in [0.2, 0.25) is 15.9 Å². The van der Waals surface area contributed by atoms with Gasteiger partial charge in [-0.25, -0.2) is 17.5 Å². The quantitative estimate of drug-likeness (QED) is 0.573. The molecule has 2 rings (SSSR count). The van der Waals surface area contributed by atoms with E-state index in [1.54, 1.807) is 18.2 Å². The van der Waals surface area contributed by atoms with Crippen LogP contribution in [0.4, 0.5) is 15.8 Å². The van der Waals surface area contributed by atoms with Gasteiger partial charge >= 0.3 is 0 Å². The summed E-state index contributed by atoms with van der Waals surface area (Å²) in [6, 6.07) is 10.3. The third-order valence-corrected chi connectivity index (χ3v) is 4.61. The van der Waals surface area contributed by atoms with E-state index in [1.807, 2.05) is 0 Å². The predicted molar refractivity (Wildman–Crippen MR) is 87.9 cm³/mol. The van der Waals surface area contributed by atoms with Crippen LogP contribution in [0.1, 0.15) is 6.42 Å². The molecule has 0 spiro atoms. The summed E-state index contributed by atoms with van der Waals surface area (Å²) in [5, 5.41) is 12.8. The summed E-state index contributed by atoms with van der Waals surface area (Å²) in [6.07, 6.45) is -0.270. The van der Waals surface area contributed by atoms with Crippen molar-refractivity contribution in [3.8, 4) is 0 Å². The summed E-state index contributed by atoms with van der Waals surface area (Å²) in [5.41, 5.74) is -0.716. The Kier molecular flexibility index (Phi) is 5.78. The zero-order chi connectivity index (χ0) is 18.4. The number of carbonyl (C=O) groups is 1. The van der Waals surface area contributed by atoms with Gasteiger partial charge in [-0.15, -0.1) is 0 Å². The topological polar surface area (TPSA) is 118 Å². The Balaban J connectivity index is 1.93. The molecule has 2 aromatic rings. The van der Waals surface area contributed by atoms with E-state index in [9.17, 15) is 27.7 Å². The Morgan fingerprint density at radius 2 is 1.84 bits per heavy atom. The predicted octanol–water partition coefficient (Wildman–Crippen LogP) is 2.04. The SMILES string of the molecule is O=C(CCNS(=O)(=O)c1ccccc1)Nc1cc([N+](=O)[O-])ccc1F. The van der Waals surface area contributed by atoms with E-state index in [0.717, 1.165) is 18.2 Å². The first kappa shape index (κ1) is 18.5. The number of halogens is 1. The minimum absolute atomic E-state index is 0.0557. The number of rotatable bonds is 7. The largest absolute Gasteiger partial charge is 0.323 e. The third kappa shape index (κ3) is 5.06. The van der Waals surface area contributed by atoms with Crippen LogP contribution in [-0.2, 0) is 14.8 Å². The number of anilines is 1. The molecule has 0 saturated carbocycles. The lowest BCUT2D eigenvalue weighted by atomic mass is 10.2. The van der Waals surface area contributed by atoms with E-state index in [-0.39, 0.29) is 29.2 Å². The molecular formula is C15H14FN3O5S. The number of sulfonamides is 1. The van der Waals surface area contributed by atoms with Crippen LogP contribution in [0, 0.1) is 15.9 Å². The molecular weight excluding hydrogens is 353 g/mol. The lowest BCUT2D eigenvalue weighted by Gasteiger charge is -2.08. The van der Waals surface area contributed by atoms with Crippen LogP contribution in [0.25, 0.3) is 0 Å². The molecule has 0 fully saturated rings. The van der Waals surface area contributed by atoms with Crippen LogP contribution in [0.3, 0.4) is 0 Å². The van der Waals surface area contributed by atoms with Crippen molar-refractivity contribution in [2.24, 2.45) is 0 Å². The van der Waals surface area contributed by atoms with E-state index >= 15 is 0 Å². The number of hydrogen-bond donors (Lipinski definition) is 2. The smallest absolute Gasteiger partial charge is 0.271 e. The van der Waals surface area contributed by atoms with E-state index in [1.165, 1.54) is 12.1 Å². The molecule has 10 heteroatoms. The number of nitro groups is 1. The van der Waals surface area contributed by atoms with Crippen molar-refractivity contribution >= 4 is 27.3 Å². The summed E-state index contributed by atoms with van der Waals surface area (Å²) in [5.74, 6) is -1.51. The molecule has 25 heavy (non-hydrogen) atoms. The van der Waals surface area contributed by atoms with Crippen LogP contribution in [0.15, 0.2) is 53.4 Å². The van der Waals surface area contributed by atoms with Crippen molar-refractivity contribution in [3.63, 3.8) is 0 Å². The molecule has 0 aliphatic heterocycles. The summed E-state index contributed by atoms with van der Waals surface area (Å²) >= 11 is 0. The van der Waals surface area contributed by atoms with Gasteiger partial charge in [-0.1, -0.05) is 18.2 Å². The fraction of sp³-hybridized carbons (Fsp3) is 0.133. The number of carbonyl (C=O) groups excluding carboxylic acids is 1. The molecule has 1 amide bonds. The molecule has 0 saturated heterocycles. The van der Waals surface area contributed by atoms with Crippen LogP contribution in [0.2, 0.25) is 0 Å². The Hall–Kier alpha value is -2.85. The zero-order valence-electron chi connectivity index (χ0n) is 12.8. The first-order valence-corrected chi connectivity index (χ1v) is 8.56. The molecule has 0 aliphatic rings. The molecule has 132 valence electrons. The number of nitrogens with one attached hydrogen (secondary N) is 2. The summed E-state index contributed by atoms with van der Waals surface area (Å²) in [7, 11) is -3.75. The monoisotopic (exact) mass is 367 g/mol. The van der Waals surface area contributed by atoms with E-state index < -0.39 is 26.7 Å². The molecule has 0 aromatic heterocycles. The van der Waals surface area contributed by atoms with Gasteiger partial charge in [-0.3, -0.25) is 14.9 Å². The number of nitrogens with zero attached hydrogens (tertiary/aromatic N) is 1. The fourth-order valence-corrected chi connectivity index (χ4v) is 2.97. The van der Waals surface area contributed by atoms with E-state index in [0.29, 0.717) is 0 Å². The van der Waals surface area contributed by atoms with Crippen LogP contribution >= 0.6 is 0 Å². The molecule has 0 unspecified atom stereocenters. The maximum Gasteiger partial charge on any atom is 0.271 e. The summed E-state index contributed by atoms with van der Waals surface area (Å²) in [6.45, 7) is -0.209. The lowest BCUT2D eigenvalue weighted by Crippen LogP contribution is -2.28. The highest BCUT2D eigenvalue weighted by molar-refractivity contribution is 7.89. The van der Waals surface area contributed by atoms with Crippen molar-refractivity contribution in [1.29, 1.82) is 0 Å². The number of non-ortho nitro benzene ring substituents is 1. The Morgan fingerprint density at radius 1 is 1.16 bits per heavy atom. The van der Waals surface area contributed by atoms with Gasteiger partial charge < -0.3 is 5.32 Å². The molecule has 0 radical (unpaired) electrons. The van der Waals surface area contributed by atoms with Gasteiger partial charge in [0.25, 0.3) is 5.69 Å². The first-order valence-electron chi connectivity index (χ1n) is 7.08. The molecule has 2 N–H and O–H groups in total. The van der Waals surface area contributed by atoms with Crippen LogP contribution < -0.4 is 10.0 Å². The average molecular weight is 367 g/mol. The normalized spacial score (nSPS) is 11.1.